The number of aromatic nitrogens is 2. The molecular weight excluding hydrogens is 264 g/mol. The van der Waals surface area contributed by atoms with Crippen LogP contribution in [-0.2, 0) is 6.54 Å². The van der Waals surface area contributed by atoms with Crippen molar-refractivity contribution in [3.8, 4) is 0 Å². The summed E-state index contributed by atoms with van der Waals surface area (Å²) in [6, 6.07) is 4.49. The van der Waals surface area contributed by atoms with Crippen molar-refractivity contribution < 1.29 is 4.42 Å². The number of furan rings is 1. The van der Waals surface area contributed by atoms with Gasteiger partial charge in [-0.15, -0.1) is 0 Å². The van der Waals surface area contributed by atoms with E-state index in [1.54, 1.807) is 6.26 Å². The van der Waals surface area contributed by atoms with Crippen LogP contribution in [0.25, 0.3) is 0 Å². The number of nitrogens with zero attached hydrogens (tertiary/aromatic N) is 3. The summed E-state index contributed by atoms with van der Waals surface area (Å²) < 4.78 is 5.51. The first-order valence-electron chi connectivity index (χ1n) is 7.65. The Morgan fingerprint density at radius 1 is 1.29 bits per heavy atom. The van der Waals surface area contributed by atoms with Crippen molar-refractivity contribution in [3.05, 3.63) is 35.5 Å². The molecule has 5 nitrogen and oxygen atoms in total. The molecule has 0 bridgehead atoms. The molecular formula is C16H20N4O. The first-order valence-corrected chi connectivity index (χ1v) is 7.65. The quantitative estimate of drug-likeness (QED) is 0.914. The molecule has 0 aliphatic heterocycles. The van der Waals surface area contributed by atoms with Crippen LogP contribution in [0.1, 0.15) is 48.7 Å². The van der Waals surface area contributed by atoms with Gasteiger partial charge in [-0.1, -0.05) is 0 Å². The van der Waals surface area contributed by atoms with E-state index in [4.69, 9.17) is 15.1 Å². The molecule has 0 aromatic carbocycles. The summed E-state index contributed by atoms with van der Waals surface area (Å²) in [5, 5.41) is 0. The summed E-state index contributed by atoms with van der Waals surface area (Å²) in [7, 11) is 0. The first-order chi connectivity index (χ1) is 10.2. The topological polar surface area (TPSA) is 68.2 Å². The van der Waals surface area contributed by atoms with Crippen LogP contribution in [0.3, 0.4) is 0 Å². The number of anilines is 2. The van der Waals surface area contributed by atoms with Crippen molar-refractivity contribution in [1.29, 1.82) is 0 Å². The fourth-order valence-corrected chi connectivity index (χ4v) is 2.68. The highest BCUT2D eigenvalue weighted by atomic mass is 16.3. The number of hydrogen-bond donors (Lipinski definition) is 1. The first kappa shape index (κ1) is 12.7. The van der Waals surface area contributed by atoms with Gasteiger partial charge in [0.25, 0.3) is 0 Å². The molecule has 2 aliphatic carbocycles. The summed E-state index contributed by atoms with van der Waals surface area (Å²) in [5.74, 6) is 4.00. The molecule has 2 fully saturated rings. The van der Waals surface area contributed by atoms with Gasteiger partial charge >= 0.3 is 0 Å². The van der Waals surface area contributed by atoms with Gasteiger partial charge in [0.2, 0.25) is 0 Å². The Hall–Kier alpha value is -2.04. The Morgan fingerprint density at radius 3 is 2.71 bits per heavy atom. The number of hydrogen-bond acceptors (Lipinski definition) is 5. The lowest BCUT2D eigenvalue weighted by Crippen LogP contribution is -2.27. The summed E-state index contributed by atoms with van der Waals surface area (Å²) in [6.45, 7) is 2.76. The Bertz CT molecular complexity index is 645. The largest absolute Gasteiger partial charge is 0.467 e. The molecule has 0 spiro atoms. The van der Waals surface area contributed by atoms with Gasteiger partial charge in [-0.2, -0.15) is 0 Å². The Kier molecular flexibility index (Phi) is 2.87. The molecule has 2 aromatic heterocycles. The standard InChI is InChI=1S/C16H20N4O/c1-10-14(17)18-15(11-4-5-11)19-16(10)20(12-6-7-12)9-13-3-2-8-21-13/h2-3,8,11-12H,4-7,9H2,1H3,(H2,17,18,19). The maximum atomic E-state index is 6.12. The number of rotatable bonds is 5. The molecule has 4 rings (SSSR count). The van der Waals surface area contributed by atoms with Crippen molar-refractivity contribution in [2.24, 2.45) is 0 Å². The highest BCUT2D eigenvalue weighted by Gasteiger charge is 2.34. The minimum atomic E-state index is 0.510. The second kappa shape index (κ2) is 4.76. The van der Waals surface area contributed by atoms with Gasteiger partial charge in [-0.05, 0) is 44.7 Å². The zero-order chi connectivity index (χ0) is 14.4. The van der Waals surface area contributed by atoms with Crippen molar-refractivity contribution in [3.63, 3.8) is 0 Å². The molecule has 0 unspecified atom stereocenters. The summed E-state index contributed by atoms with van der Waals surface area (Å²) in [5.41, 5.74) is 7.10. The van der Waals surface area contributed by atoms with E-state index < -0.39 is 0 Å². The molecule has 0 radical (unpaired) electrons. The van der Waals surface area contributed by atoms with Crippen LogP contribution in [0, 0.1) is 6.92 Å². The molecule has 0 amide bonds. The zero-order valence-electron chi connectivity index (χ0n) is 12.2. The van der Waals surface area contributed by atoms with E-state index in [-0.39, 0.29) is 0 Å². The van der Waals surface area contributed by atoms with Crippen LogP contribution in [0.15, 0.2) is 22.8 Å². The van der Waals surface area contributed by atoms with Gasteiger partial charge in [0.05, 0.1) is 12.8 Å². The van der Waals surface area contributed by atoms with E-state index in [0.717, 1.165) is 29.5 Å². The minimum absolute atomic E-state index is 0.510. The Labute approximate surface area is 124 Å². The van der Waals surface area contributed by atoms with Crippen LogP contribution in [0.2, 0.25) is 0 Å². The Balaban J connectivity index is 1.71. The predicted molar refractivity (Wildman–Crippen MR) is 81.1 cm³/mol. The lowest BCUT2D eigenvalue weighted by molar-refractivity contribution is 0.499. The zero-order valence-corrected chi connectivity index (χ0v) is 12.2. The Morgan fingerprint density at radius 2 is 2.10 bits per heavy atom. The van der Waals surface area contributed by atoms with Crippen LogP contribution in [0.4, 0.5) is 11.6 Å². The second-order valence-corrected chi connectivity index (χ2v) is 6.13. The van der Waals surface area contributed by atoms with Gasteiger partial charge in [-0.25, -0.2) is 9.97 Å². The SMILES string of the molecule is Cc1c(N)nc(C2CC2)nc1N(Cc1ccco1)C1CC1. The maximum Gasteiger partial charge on any atom is 0.138 e. The van der Waals surface area contributed by atoms with Gasteiger partial charge in [-0.3, -0.25) is 0 Å². The summed E-state index contributed by atoms with van der Waals surface area (Å²) in [4.78, 5) is 11.6. The maximum absolute atomic E-state index is 6.12. The van der Waals surface area contributed by atoms with Gasteiger partial charge < -0.3 is 15.1 Å². The highest BCUT2D eigenvalue weighted by Crippen LogP contribution is 2.41. The molecule has 2 N–H and O–H groups in total. The fourth-order valence-electron chi connectivity index (χ4n) is 2.68. The third kappa shape index (κ3) is 2.48. The van der Waals surface area contributed by atoms with Crippen LogP contribution in [-0.4, -0.2) is 16.0 Å². The molecule has 0 atom stereocenters. The summed E-state index contributed by atoms with van der Waals surface area (Å²) >= 11 is 0. The van der Waals surface area contributed by atoms with Crippen molar-refractivity contribution in [2.75, 3.05) is 10.6 Å². The molecule has 110 valence electrons. The smallest absolute Gasteiger partial charge is 0.138 e. The van der Waals surface area contributed by atoms with Crippen molar-refractivity contribution >= 4 is 11.6 Å². The number of nitrogen functional groups attached to an aromatic ring is 1. The van der Waals surface area contributed by atoms with E-state index in [0.29, 0.717) is 17.8 Å². The highest BCUT2D eigenvalue weighted by molar-refractivity contribution is 5.58. The molecule has 2 aromatic rings. The number of nitrogens with two attached hydrogens (primary N) is 1. The normalized spacial score (nSPS) is 18.0. The van der Waals surface area contributed by atoms with Crippen LogP contribution in [0.5, 0.6) is 0 Å². The van der Waals surface area contributed by atoms with Gasteiger partial charge in [0.1, 0.15) is 23.2 Å². The molecule has 2 aliphatic rings. The lowest BCUT2D eigenvalue weighted by Gasteiger charge is -2.25. The van der Waals surface area contributed by atoms with Crippen molar-refractivity contribution in [2.45, 2.75) is 51.1 Å². The average Bonchev–Trinajstić information content (AvgIpc) is 3.39. The molecule has 21 heavy (non-hydrogen) atoms. The monoisotopic (exact) mass is 284 g/mol. The van der Waals surface area contributed by atoms with E-state index in [1.807, 2.05) is 19.1 Å². The lowest BCUT2D eigenvalue weighted by atomic mass is 10.2. The van der Waals surface area contributed by atoms with E-state index >= 15 is 0 Å². The van der Waals surface area contributed by atoms with Crippen LogP contribution < -0.4 is 10.6 Å². The van der Waals surface area contributed by atoms with E-state index in [9.17, 15) is 0 Å². The van der Waals surface area contributed by atoms with Gasteiger partial charge in [0, 0.05) is 17.5 Å². The van der Waals surface area contributed by atoms with Gasteiger partial charge in [0.15, 0.2) is 0 Å². The third-order valence-electron chi connectivity index (χ3n) is 4.28. The molecule has 5 heteroatoms. The van der Waals surface area contributed by atoms with Crippen LogP contribution >= 0.6 is 0 Å². The third-order valence-corrected chi connectivity index (χ3v) is 4.28. The van der Waals surface area contributed by atoms with E-state index in [1.165, 1.54) is 25.7 Å². The second-order valence-electron chi connectivity index (χ2n) is 6.13. The fraction of sp³-hybridized carbons (Fsp3) is 0.500. The molecule has 2 saturated carbocycles. The molecule has 0 saturated heterocycles. The minimum Gasteiger partial charge on any atom is -0.467 e. The van der Waals surface area contributed by atoms with Crippen molar-refractivity contribution in [1.82, 2.24) is 9.97 Å². The average molecular weight is 284 g/mol. The predicted octanol–water partition coefficient (Wildman–Crippen LogP) is 3.01. The molecule has 2 heterocycles. The van der Waals surface area contributed by atoms with E-state index in [2.05, 4.69) is 9.88 Å². The summed E-state index contributed by atoms with van der Waals surface area (Å²) in [6.07, 6.45) is 6.51.